The number of amides is 1. The fourth-order valence-electron chi connectivity index (χ4n) is 1.11. The van der Waals surface area contributed by atoms with Crippen LogP contribution in [0.15, 0.2) is 23.4 Å². The van der Waals surface area contributed by atoms with Crippen molar-refractivity contribution in [2.45, 2.75) is 24.9 Å². The van der Waals surface area contributed by atoms with Crippen molar-refractivity contribution in [1.82, 2.24) is 10.3 Å². The number of thioether (sulfide) groups is 1. The zero-order valence-electron chi connectivity index (χ0n) is 10.4. The van der Waals surface area contributed by atoms with E-state index in [1.54, 1.807) is 24.0 Å². The fraction of sp³-hybridized carbons (Fsp3) is 0.455. The smallest absolute Gasteiger partial charge is 0.253 e. The number of nitrogens with zero attached hydrogens (tertiary/aromatic N) is 1. The summed E-state index contributed by atoms with van der Waals surface area (Å²) in [5, 5.41) is 3.71. The summed E-state index contributed by atoms with van der Waals surface area (Å²) in [4.78, 5) is 15.8. The normalized spacial score (nSPS) is 9.33. The molecule has 1 heterocycles. The van der Waals surface area contributed by atoms with Crippen LogP contribution in [0.5, 0.6) is 0 Å². The highest BCUT2D eigenvalue weighted by molar-refractivity contribution is 7.99. The number of carbonyl (C=O) groups is 1. The molecule has 1 aromatic heterocycles. The quantitative estimate of drug-likeness (QED) is 0.817. The van der Waals surface area contributed by atoms with E-state index in [4.69, 9.17) is 5.73 Å². The van der Waals surface area contributed by atoms with Gasteiger partial charge in [-0.2, -0.15) is 0 Å². The molecule has 0 radical (unpaired) electrons. The van der Waals surface area contributed by atoms with E-state index in [1.165, 1.54) is 0 Å². The molecule has 0 spiro atoms. The summed E-state index contributed by atoms with van der Waals surface area (Å²) in [5.74, 6) is 0.753. The Hall–Kier alpha value is -0.490. The minimum absolute atomic E-state index is 0. The maximum atomic E-state index is 11.6. The van der Waals surface area contributed by atoms with E-state index in [1.807, 2.05) is 19.9 Å². The SMILES string of the molecule is CC(C)NC(=O)c1ccc(SCCN)nc1.Cl.Cl. The summed E-state index contributed by atoms with van der Waals surface area (Å²) in [6.07, 6.45) is 1.59. The first kappa shape index (κ1) is 19.8. The van der Waals surface area contributed by atoms with E-state index >= 15 is 0 Å². The average molecular weight is 312 g/mol. The summed E-state index contributed by atoms with van der Waals surface area (Å²) >= 11 is 1.59. The first-order valence-electron chi connectivity index (χ1n) is 5.23. The first-order valence-corrected chi connectivity index (χ1v) is 6.22. The summed E-state index contributed by atoms with van der Waals surface area (Å²) in [6, 6.07) is 3.76. The van der Waals surface area contributed by atoms with E-state index in [0.717, 1.165) is 10.8 Å². The Morgan fingerprint density at radius 2 is 2.11 bits per heavy atom. The molecular weight excluding hydrogens is 293 g/mol. The maximum absolute atomic E-state index is 11.6. The molecule has 4 nitrogen and oxygen atoms in total. The zero-order chi connectivity index (χ0) is 12.0. The van der Waals surface area contributed by atoms with Gasteiger partial charge < -0.3 is 11.1 Å². The first-order chi connectivity index (χ1) is 7.63. The van der Waals surface area contributed by atoms with Crippen molar-refractivity contribution >= 4 is 42.5 Å². The average Bonchev–Trinajstić information content (AvgIpc) is 2.26. The Morgan fingerprint density at radius 3 is 2.56 bits per heavy atom. The summed E-state index contributed by atoms with van der Waals surface area (Å²) in [7, 11) is 0. The second-order valence-corrected chi connectivity index (χ2v) is 4.77. The van der Waals surface area contributed by atoms with Gasteiger partial charge in [0.2, 0.25) is 0 Å². The monoisotopic (exact) mass is 311 g/mol. The predicted octanol–water partition coefficient (Wildman–Crippen LogP) is 2.11. The van der Waals surface area contributed by atoms with Crippen LogP contribution in [0.1, 0.15) is 24.2 Å². The topological polar surface area (TPSA) is 68.0 Å². The van der Waals surface area contributed by atoms with Crippen molar-refractivity contribution in [3.63, 3.8) is 0 Å². The van der Waals surface area contributed by atoms with Crippen LogP contribution in [-0.2, 0) is 0 Å². The molecule has 0 fully saturated rings. The molecule has 3 N–H and O–H groups in total. The highest BCUT2D eigenvalue weighted by Crippen LogP contribution is 2.14. The molecule has 7 heteroatoms. The molecule has 0 atom stereocenters. The van der Waals surface area contributed by atoms with Crippen molar-refractivity contribution in [3.05, 3.63) is 23.9 Å². The molecule has 0 bridgehead atoms. The maximum Gasteiger partial charge on any atom is 0.253 e. The van der Waals surface area contributed by atoms with Crippen LogP contribution >= 0.6 is 36.6 Å². The minimum Gasteiger partial charge on any atom is -0.350 e. The number of hydrogen-bond donors (Lipinski definition) is 2. The number of nitrogens with one attached hydrogen (secondary N) is 1. The van der Waals surface area contributed by atoms with Crippen LogP contribution in [0.2, 0.25) is 0 Å². The largest absolute Gasteiger partial charge is 0.350 e. The van der Waals surface area contributed by atoms with E-state index in [0.29, 0.717) is 12.1 Å². The van der Waals surface area contributed by atoms with Crippen LogP contribution in [0.25, 0.3) is 0 Å². The van der Waals surface area contributed by atoms with Crippen LogP contribution in [-0.4, -0.2) is 29.2 Å². The molecule has 0 aliphatic heterocycles. The van der Waals surface area contributed by atoms with Gasteiger partial charge >= 0.3 is 0 Å². The van der Waals surface area contributed by atoms with Crippen molar-refractivity contribution in [3.8, 4) is 0 Å². The van der Waals surface area contributed by atoms with Gasteiger partial charge in [0.25, 0.3) is 5.91 Å². The molecule has 1 aromatic rings. The fourth-order valence-corrected chi connectivity index (χ4v) is 1.73. The predicted molar refractivity (Wildman–Crippen MR) is 81.1 cm³/mol. The van der Waals surface area contributed by atoms with E-state index in [-0.39, 0.29) is 36.8 Å². The Morgan fingerprint density at radius 1 is 1.44 bits per heavy atom. The van der Waals surface area contributed by atoms with Crippen molar-refractivity contribution in [2.75, 3.05) is 12.3 Å². The number of hydrogen-bond acceptors (Lipinski definition) is 4. The lowest BCUT2D eigenvalue weighted by Crippen LogP contribution is -2.30. The molecule has 0 saturated heterocycles. The zero-order valence-corrected chi connectivity index (χ0v) is 12.8. The Balaban J connectivity index is 0. The standard InChI is InChI=1S/C11H17N3OS.2ClH/c1-8(2)14-11(15)9-3-4-10(13-7-9)16-6-5-12;;/h3-4,7-8H,5-6,12H2,1-2H3,(H,14,15);2*1H. The van der Waals surface area contributed by atoms with Gasteiger partial charge in [-0.3, -0.25) is 4.79 Å². The molecule has 0 unspecified atom stereocenters. The molecule has 1 rings (SSSR count). The third-order valence-corrected chi connectivity index (χ3v) is 2.76. The van der Waals surface area contributed by atoms with Gasteiger partial charge in [-0.1, -0.05) is 0 Å². The van der Waals surface area contributed by atoms with Gasteiger partial charge in [0, 0.05) is 24.5 Å². The third kappa shape index (κ3) is 7.06. The number of pyridine rings is 1. The van der Waals surface area contributed by atoms with E-state index < -0.39 is 0 Å². The van der Waals surface area contributed by atoms with Gasteiger partial charge in [-0.15, -0.1) is 36.6 Å². The molecule has 0 aliphatic rings. The Kier molecular flexibility index (Phi) is 11.5. The van der Waals surface area contributed by atoms with Crippen molar-refractivity contribution in [1.29, 1.82) is 0 Å². The van der Waals surface area contributed by atoms with E-state index in [9.17, 15) is 4.79 Å². The molecule has 0 saturated carbocycles. The van der Waals surface area contributed by atoms with Crippen molar-refractivity contribution in [2.24, 2.45) is 5.73 Å². The molecule has 18 heavy (non-hydrogen) atoms. The number of carbonyl (C=O) groups excluding carboxylic acids is 1. The summed E-state index contributed by atoms with van der Waals surface area (Å²) in [5.41, 5.74) is 5.99. The minimum atomic E-state index is -0.0853. The second-order valence-electron chi connectivity index (χ2n) is 3.65. The highest BCUT2D eigenvalue weighted by atomic mass is 35.5. The Bertz CT molecular complexity index is 347. The highest BCUT2D eigenvalue weighted by Gasteiger charge is 2.07. The van der Waals surface area contributed by atoms with Crippen LogP contribution in [0, 0.1) is 0 Å². The summed E-state index contributed by atoms with van der Waals surface area (Å²) in [6.45, 7) is 4.48. The van der Waals surface area contributed by atoms with Gasteiger partial charge in [0.15, 0.2) is 0 Å². The van der Waals surface area contributed by atoms with Gasteiger partial charge in [-0.25, -0.2) is 4.98 Å². The molecule has 1 amide bonds. The lowest BCUT2D eigenvalue weighted by molar-refractivity contribution is 0.0942. The number of nitrogens with two attached hydrogens (primary N) is 1. The van der Waals surface area contributed by atoms with Gasteiger partial charge in [0.05, 0.1) is 10.6 Å². The van der Waals surface area contributed by atoms with Crippen LogP contribution in [0.3, 0.4) is 0 Å². The molecule has 104 valence electrons. The third-order valence-electron chi connectivity index (χ3n) is 1.79. The van der Waals surface area contributed by atoms with Crippen molar-refractivity contribution < 1.29 is 4.79 Å². The Labute approximate surface area is 124 Å². The summed E-state index contributed by atoms with van der Waals surface area (Å²) < 4.78 is 0. The van der Waals surface area contributed by atoms with E-state index in [2.05, 4.69) is 10.3 Å². The van der Waals surface area contributed by atoms with Crippen LogP contribution < -0.4 is 11.1 Å². The number of aromatic nitrogens is 1. The second kappa shape index (κ2) is 10.4. The number of rotatable bonds is 5. The molecule has 0 aromatic carbocycles. The lowest BCUT2D eigenvalue weighted by Gasteiger charge is -2.08. The van der Waals surface area contributed by atoms with Crippen LogP contribution in [0.4, 0.5) is 0 Å². The number of halogens is 2. The van der Waals surface area contributed by atoms with Gasteiger partial charge in [-0.05, 0) is 26.0 Å². The lowest BCUT2D eigenvalue weighted by atomic mass is 10.2. The van der Waals surface area contributed by atoms with Gasteiger partial charge in [0.1, 0.15) is 0 Å². The molecular formula is C11H19Cl2N3OS. The molecule has 0 aliphatic carbocycles.